The van der Waals surface area contributed by atoms with E-state index in [4.69, 9.17) is 4.74 Å². The minimum absolute atomic E-state index is 0.0418. The van der Waals surface area contributed by atoms with Crippen LogP contribution in [0.1, 0.15) is 37.1 Å². The fourth-order valence-corrected chi connectivity index (χ4v) is 3.16. The van der Waals surface area contributed by atoms with Gasteiger partial charge in [0.05, 0.1) is 11.4 Å². The Morgan fingerprint density at radius 1 is 1.14 bits per heavy atom. The van der Waals surface area contributed by atoms with E-state index in [9.17, 15) is 9.18 Å². The van der Waals surface area contributed by atoms with Gasteiger partial charge >= 0.3 is 0 Å². The first-order valence-electron chi connectivity index (χ1n) is 9.73. The normalized spacial score (nSPS) is 11.0. The molecule has 0 aliphatic carbocycles. The second-order valence-corrected chi connectivity index (χ2v) is 7.32. The Hall–Kier alpha value is -3.15. The molecule has 2 aromatic carbocycles. The summed E-state index contributed by atoms with van der Waals surface area (Å²) in [5.74, 6) is 0.0560. The van der Waals surface area contributed by atoms with Crippen molar-refractivity contribution in [2.45, 2.75) is 46.6 Å². The molecule has 5 nitrogen and oxygen atoms in total. The van der Waals surface area contributed by atoms with Crippen LogP contribution in [0, 0.1) is 19.7 Å². The van der Waals surface area contributed by atoms with Crippen LogP contribution in [0.25, 0.3) is 5.69 Å². The topological polar surface area (TPSA) is 56.2 Å². The number of nitrogens with zero attached hydrogens (tertiary/aromatic N) is 2. The standard InChI is InChI=1S/C23H26FN3O2/c1-15(2)25-22(28)14-13-18-17(4)26-27(20-11-7-5-9-16(20)3)23(18)29-21-12-8-6-10-19(21)24/h5-12,15H,13-14H2,1-4H3,(H,25,28). The van der Waals surface area contributed by atoms with Crippen molar-refractivity contribution in [3.05, 3.63) is 71.2 Å². The van der Waals surface area contributed by atoms with Crippen molar-refractivity contribution in [3.8, 4) is 17.3 Å². The van der Waals surface area contributed by atoms with E-state index in [1.54, 1.807) is 22.9 Å². The number of hydrogen-bond donors (Lipinski definition) is 1. The van der Waals surface area contributed by atoms with Gasteiger partial charge in [-0.25, -0.2) is 4.39 Å². The van der Waals surface area contributed by atoms with Gasteiger partial charge in [-0.3, -0.25) is 4.79 Å². The van der Waals surface area contributed by atoms with Gasteiger partial charge in [0.2, 0.25) is 11.8 Å². The maximum atomic E-state index is 14.3. The monoisotopic (exact) mass is 395 g/mol. The number of para-hydroxylation sites is 2. The van der Waals surface area contributed by atoms with Crippen molar-refractivity contribution in [1.29, 1.82) is 0 Å². The summed E-state index contributed by atoms with van der Waals surface area (Å²) in [7, 11) is 0. The smallest absolute Gasteiger partial charge is 0.226 e. The lowest BCUT2D eigenvalue weighted by atomic mass is 10.1. The fourth-order valence-electron chi connectivity index (χ4n) is 3.16. The van der Waals surface area contributed by atoms with Gasteiger partial charge in [0.15, 0.2) is 11.6 Å². The summed E-state index contributed by atoms with van der Waals surface area (Å²) < 4.78 is 22.0. The minimum atomic E-state index is -0.453. The van der Waals surface area contributed by atoms with Crippen LogP contribution in [-0.2, 0) is 11.2 Å². The summed E-state index contributed by atoms with van der Waals surface area (Å²) in [5, 5.41) is 7.54. The van der Waals surface area contributed by atoms with E-state index in [1.165, 1.54) is 6.07 Å². The highest BCUT2D eigenvalue weighted by Gasteiger charge is 2.21. The second-order valence-electron chi connectivity index (χ2n) is 7.32. The molecule has 1 amide bonds. The summed E-state index contributed by atoms with van der Waals surface area (Å²) >= 11 is 0. The van der Waals surface area contributed by atoms with Crippen LogP contribution in [0.15, 0.2) is 48.5 Å². The molecule has 3 rings (SSSR count). The first-order valence-corrected chi connectivity index (χ1v) is 9.73. The summed E-state index contributed by atoms with van der Waals surface area (Å²) in [6.07, 6.45) is 0.742. The molecule has 1 heterocycles. The number of aryl methyl sites for hydroxylation is 2. The molecule has 1 N–H and O–H groups in total. The van der Waals surface area contributed by atoms with E-state index in [0.717, 1.165) is 22.5 Å². The molecule has 0 saturated carbocycles. The van der Waals surface area contributed by atoms with Gasteiger partial charge in [-0.15, -0.1) is 0 Å². The number of benzene rings is 2. The van der Waals surface area contributed by atoms with E-state index < -0.39 is 5.82 Å². The van der Waals surface area contributed by atoms with Crippen LogP contribution in [0.4, 0.5) is 4.39 Å². The van der Waals surface area contributed by atoms with Crippen LogP contribution in [0.5, 0.6) is 11.6 Å². The van der Waals surface area contributed by atoms with Gasteiger partial charge in [-0.05, 0) is 57.9 Å². The number of ether oxygens (including phenoxy) is 1. The quantitative estimate of drug-likeness (QED) is 0.620. The molecule has 0 aliphatic heterocycles. The summed E-state index contributed by atoms with van der Waals surface area (Å²) in [4.78, 5) is 12.2. The molecule has 3 aromatic rings. The predicted molar refractivity (Wildman–Crippen MR) is 111 cm³/mol. The highest BCUT2D eigenvalue weighted by molar-refractivity contribution is 5.76. The first kappa shape index (κ1) is 20.6. The number of amides is 1. The molecule has 152 valence electrons. The lowest BCUT2D eigenvalue weighted by Crippen LogP contribution is -2.30. The number of carbonyl (C=O) groups excluding carboxylic acids is 1. The highest BCUT2D eigenvalue weighted by atomic mass is 19.1. The van der Waals surface area contributed by atoms with Gasteiger partial charge < -0.3 is 10.1 Å². The van der Waals surface area contributed by atoms with Crippen LogP contribution < -0.4 is 10.1 Å². The number of rotatable bonds is 7. The maximum absolute atomic E-state index is 14.3. The van der Waals surface area contributed by atoms with Gasteiger partial charge in [-0.1, -0.05) is 30.3 Å². The van der Waals surface area contributed by atoms with Gasteiger partial charge in [-0.2, -0.15) is 9.78 Å². The van der Waals surface area contributed by atoms with Crippen LogP contribution in [0.2, 0.25) is 0 Å². The average Bonchev–Trinajstić information content (AvgIpc) is 2.97. The number of halogens is 1. The largest absolute Gasteiger partial charge is 0.436 e. The third kappa shape index (κ3) is 4.83. The molecule has 0 aliphatic rings. The van der Waals surface area contributed by atoms with E-state index in [1.807, 2.05) is 52.0 Å². The molecule has 0 fully saturated rings. The zero-order valence-electron chi connectivity index (χ0n) is 17.2. The van der Waals surface area contributed by atoms with Crippen molar-refractivity contribution in [2.24, 2.45) is 0 Å². The molecule has 0 spiro atoms. The molecule has 6 heteroatoms. The Morgan fingerprint density at radius 2 is 1.83 bits per heavy atom. The van der Waals surface area contributed by atoms with Gasteiger partial charge in [0.1, 0.15) is 0 Å². The Kier molecular flexibility index (Phi) is 6.32. The predicted octanol–water partition coefficient (Wildman–Crippen LogP) is 4.88. The molecule has 0 bridgehead atoms. The zero-order chi connectivity index (χ0) is 21.0. The Morgan fingerprint density at radius 3 is 2.52 bits per heavy atom. The van der Waals surface area contributed by atoms with Crippen molar-refractivity contribution in [2.75, 3.05) is 0 Å². The third-order valence-corrected chi connectivity index (χ3v) is 4.58. The van der Waals surface area contributed by atoms with Gasteiger partial charge in [0.25, 0.3) is 0 Å². The minimum Gasteiger partial charge on any atom is -0.436 e. The van der Waals surface area contributed by atoms with Crippen molar-refractivity contribution < 1.29 is 13.9 Å². The summed E-state index contributed by atoms with van der Waals surface area (Å²) in [6, 6.07) is 14.1. The van der Waals surface area contributed by atoms with E-state index in [-0.39, 0.29) is 17.7 Å². The lowest BCUT2D eigenvalue weighted by molar-refractivity contribution is -0.121. The van der Waals surface area contributed by atoms with Crippen LogP contribution in [0.3, 0.4) is 0 Å². The SMILES string of the molecule is Cc1ccccc1-n1nc(C)c(CCC(=O)NC(C)C)c1Oc1ccccc1F. The maximum Gasteiger partial charge on any atom is 0.226 e. The number of carbonyl (C=O) groups is 1. The number of nitrogens with one attached hydrogen (secondary N) is 1. The van der Waals surface area contributed by atoms with Crippen LogP contribution >= 0.6 is 0 Å². The molecule has 0 radical (unpaired) electrons. The molecule has 29 heavy (non-hydrogen) atoms. The van der Waals surface area contributed by atoms with Crippen molar-refractivity contribution >= 4 is 5.91 Å². The Bertz CT molecular complexity index is 1010. The van der Waals surface area contributed by atoms with Crippen LogP contribution in [-0.4, -0.2) is 21.7 Å². The number of hydrogen-bond acceptors (Lipinski definition) is 3. The fraction of sp³-hybridized carbons (Fsp3) is 0.304. The Balaban J connectivity index is 2.02. The third-order valence-electron chi connectivity index (χ3n) is 4.58. The lowest BCUT2D eigenvalue weighted by Gasteiger charge is -2.13. The highest BCUT2D eigenvalue weighted by Crippen LogP contribution is 2.33. The summed E-state index contributed by atoms with van der Waals surface area (Å²) in [5.41, 5.74) is 3.39. The first-order chi connectivity index (χ1) is 13.9. The molecule has 0 atom stereocenters. The summed E-state index contributed by atoms with van der Waals surface area (Å²) in [6.45, 7) is 7.70. The van der Waals surface area contributed by atoms with Crippen molar-refractivity contribution in [1.82, 2.24) is 15.1 Å². The van der Waals surface area contributed by atoms with E-state index >= 15 is 0 Å². The molecule has 0 unspecified atom stereocenters. The Labute approximate surface area is 170 Å². The molecule has 1 aromatic heterocycles. The molecule has 0 saturated heterocycles. The second kappa shape index (κ2) is 8.90. The molecular weight excluding hydrogens is 369 g/mol. The zero-order valence-corrected chi connectivity index (χ0v) is 17.2. The number of aromatic nitrogens is 2. The van der Waals surface area contributed by atoms with Gasteiger partial charge in [0, 0.05) is 18.0 Å². The average molecular weight is 395 g/mol. The van der Waals surface area contributed by atoms with Crippen molar-refractivity contribution in [3.63, 3.8) is 0 Å². The van der Waals surface area contributed by atoms with E-state index in [2.05, 4.69) is 10.4 Å². The molecular formula is C23H26FN3O2. The van der Waals surface area contributed by atoms with E-state index in [0.29, 0.717) is 18.7 Å².